The Morgan fingerprint density at radius 1 is 1.07 bits per heavy atom. The third-order valence-corrected chi connectivity index (χ3v) is 1.34. The fourth-order valence-corrected chi connectivity index (χ4v) is 0.770. The molecule has 14 heavy (non-hydrogen) atoms. The zero-order valence-corrected chi connectivity index (χ0v) is 6.48. The van der Waals surface area contributed by atoms with Crippen LogP contribution in [0.2, 0.25) is 0 Å². The molecule has 9 heteroatoms. The van der Waals surface area contributed by atoms with Crippen LogP contribution in [0.5, 0.6) is 0 Å². The molecule has 0 fully saturated rings. The van der Waals surface area contributed by atoms with E-state index in [1.54, 1.807) is 0 Å². The predicted octanol–water partition coefficient (Wildman–Crippen LogP) is -1.50. The Morgan fingerprint density at radius 2 is 1.50 bits per heavy atom. The molecule has 0 bridgehead atoms. The van der Waals surface area contributed by atoms with Gasteiger partial charge in [0.25, 0.3) is 0 Å². The second kappa shape index (κ2) is 2.80. The van der Waals surface area contributed by atoms with E-state index in [1.165, 1.54) is 0 Å². The van der Waals surface area contributed by atoms with Crippen LogP contribution in [0.15, 0.2) is 31.2 Å². The molecule has 0 aliphatic heterocycles. The largest absolute Gasteiger partial charge is 0.445 e. The van der Waals surface area contributed by atoms with Crippen molar-refractivity contribution in [3.05, 3.63) is 33.9 Å². The lowest BCUT2D eigenvalue weighted by atomic mass is 10.9. The van der Waals surface area contributed by atoms with Crippen LogP contribution in [0.3, 0.4) is 0 Å². The van der Waals surface area contributed by atoms with E-state index in [9.17, 15) is 14.4 Å². The Hall–Kier alpha value is -2.45. The summed E-state index contributed by atoms with van der Waals surface area (Å²) in [6.07, 6.45) is 1.54. The molecule has 2 rings (SSSR count). The van der Waals surface area contributed by atoms with Gasteiger partial charge in [0.05, 0.1) is 0 Å². The predicted molar refractivity (Wildman–Crippen MR) is 37.7 cm³/mol. The van der Waals surface area contributed by atoms with Crippen molar-refractivity contribution in [2.75, 3.05) is 0 Å². The van der Waals surface area contributed by atoms with Crippen molar-refractivity contribution >= 4 is 6.03 Å². The minimum Gasteiger partial charge on any atom is -0.395 e. The van der Waals surface area contributed by atoms with E-state index >= 15 is 0 Å². The van der Waals surface area contributed by atoms with Crippen LogP contribution in [0.1, 0.15) is 0 Å². The maximum Gasteiger partial charge on any atom is 0.445 e. The van der Waals surface area contributed by atoms with Gasteiger partial charge in [0.2, 0.25) is 12.8 Å². The molecule has 72 valence electrons. The first kappa shape index (κ1) is 8.16. The van der Waals surface area contributed by atoms with Crippen LogP contribution in [0, 0.1) is 0 Å². The van der Waals surface area contributed by atoms with Gasteiger partial charge in [-0.3, -0.25) is 0 Å². The molecule has 0 saturated carbocycles. The van der Waals surface area contributed by atoms with Gasteiger partial charge >= 0.3 is 17.5 Å². The number of carbonyl (C=O) groups excluding carboxylic acids is 1. The van der Waals surface area contributed by atoms with Crippen molar-refractivity contribution in [1.82, 2.24) is 19.6 Å². The van der Waals surface area contributed by atoms with E-state index in [4.69, 9.17) is 0 Å². The molecule has 2 aromatic rings. The van der Waals surface area contributed by atoms with Gasteiger partial charge in [-0.2, -0.15) is 0 Å². The minimum atomic E-state index is -1.07. The van der Waals surface area contributed by atoms with E-state index in [1.807, 2.05) is 0 Å². The van der Waals surface area contributed by atoms with E-state index in [2.05, 4.69) is 19.0 Å². The smallest absolute Gasteiger partial charge is 0.395 e. The molecule has 2 heterocycles. The summed E-state index contributed by atoms with van der Waals surface area (Å²) in [6.45, 7) is 0. The molecular weight excluding hydrogens is 196 g/mol. The average molecular weight is 198 g/mol. The molecule has 0 radical (unpaired) electrons. The van der Waals surface area contributed by atoms with Gasteiger partial charge in [-0.25, -0.2) is 14.4 Å². The summed E-state index contributed by atoms with van der Waals surface area (Å²) in [4.78, 5) is 32.9. The Labute approximate surface area is 74.2 Å². The molecule has 0 unspecified atom stereocenters. The zero-order valence-electron chi connectivity index (χ0n) is 6.48. The quantitative estimate of drug-likeness (QED) is 0.506. The number of aromatic nitrogens is 4. The number of carbonyl (C=O) groups is 1. The van der Waals surface area contributed by atoms with Crippen LogP contribution >= 0.6 is 0 Å². The summed E-state index contributed by atoms with van der Waals surface area (Å²) in [6, 6.07) is -1.07. The monoisotopic (exact) mass is 198 g/mol. The van der Waals surface area contributed by atoms with E-state index in [0.717, 1.165) is 12.8 Å². The van der Waals surface area contributed by atoms with E-state index in [-0.39, 0.29) is 0 Å². The van der Waals surface area contributed by atoms with Crippen LogP contribution in [-0.4, -0.2) is 25.6 Å². The van der Waals surface area contributed by atoms with Crippen molar-refractivity contribution in [3.63, 3.8) is 0 Å². The molecule has 0 aliphatic carbocycles. The average Bonchev–Trinajstić information content (AvgIpc) is 2.73. The first-order chi connectivity index (χ1) is 6.70. The Kier molecular flexibility index (Phi) is 1.63. The molecule has 9 nitrogen and oxygen atoms in total. The Morgan fingerprint density at radius 3 is 1.79 bits per heavy atom. The first-order valence-corrected chi connectivity index (χ1v) is 3.30. The van der Waals surface area contributed by atoms with Gasteiger partial charge in [-0.1, -0.05) is 0 Å². The van der Waals surface area contributed by atoms with Crippen molar-refractivity contribution in [2.24, 2.45) is 0 Å². The van der Waals surface area contributed by atoms with Gasteiger partial charge in [-0.15, -0.1) is 19.6 Å². The van der Waals surface area contributed by atoms with E-state index < -0.39 is 17.5 Å². The lowest BCUT2D eigenvalue weighted by Gasteiger charge is -1.91. The normalized spacial score (nSPS) is 10.3. The van der Waals surface area contributed by atoms with E-state index in [0.29, 0.717) is 9.36 Å². The van der Waals surface area contributed by atoms with Crippen molar-refractivity contribution in [2.45, 2.75) is 0 Å². The highest BCUT2D eigenvalue weighted by Crippen LogP contribution is 1.81. The van der Waals surface area contributed by atoms with Crippen molar-refractivity contribution < 1.29 is 13.6 Å². The van der Waals surface area contributed by atoms with Gasteiger partial charge in [0.1, 0.15) is 0 Å². The second-order valence-electron chi connectivity index (χ2n) is 2.12. The summed E-state index contributed by atoms with van der Waals surface area (Å²) < 4.78 is 9.12. The summed E-state index contributed by atoms with van der Waals surface area (Å²) in [5, 5.41) is 6.52. The minimum absolute atomic E-state index is 0.337. The molecular formula is C5H2N4O5. The topological polar surface area (TPSA) is 113 Å². The third-order valence-electron chi connectivity index (χ3n) is 1.34. The number of rotatable bonds is 0. The molecule has 0 atom stereocenters. The van der Waals surface area contributed by atoms with Crippen LogP contribution in [-0.2, 0) is 0 Å². The Balaban J connectivity index is 2.54. The standard InChI is InChI=1S/C5H2N4O5/c10-3(8-4(11)13-1-6-8)9-5(12)14-2-7-9/h1-2H. The second-order valence-corrected chi connectivity index (χ2v) is 2.12. The first-order valence-electron chi connectivity index (χ1n) is 3.30. The molecule has 0 amide bonds. The summed E-state index contributed by atoms with van der Waals surface area (Å²) in [5.41, 5.74) is 0. The molecule has 0 aliphatic rings. The highest BCUT2D eigenvalue weighted by Gasteiger charge is 2.17. The highest BCUT2D eigenvalue weighted by molar-refractivity contribution is 5.76. The van der Waals surface area contributed by atoms with Gasteiger partial charge in [0.15, 0.2) is 0 Å². The molecule has 0 saturated heterocycles. The highest BCUT2D eigenvalue weighted by atomic mass is 16.4. The third kappa shape index (κ3) is 1.07. The molecule has 0 spiro atoms. The fraction of sp³-hybridized carbons (Fsp3) is 0. The zero-order chi connectivity index (χ0) is 10.1. The maximum absolute atomic E-state index is 11.3. The van der Waals surface area contributed by atoms with Crippen LogP contribution in [0.4, 0.5) is 4.79 Å². The molecule has 0 N–H and O–H groups in total. The van der Waals surface area contributed by atoms with Crippen molar-refractivity contribution in [3.8, 4) is 0 Å². The fourth-order valence-electron chi connectivity index (χ4n) is 0.770. The molecule has 2 aromatic heterocycles. The van der Waals surface area contributed by atoms with Gasteiger partial charge in [-0.05, 0) is 0 Å². The maximum atomic E-state index is 11.3. The molecule has 0 aromatic carbocycles. The van der Waals surface area contributed by atoms with Gasteiger partial charge in [0, 0.05) is 0 Å². The lowest BCUT2D eigenvalue weighted by Crippen LogP contribution is -2.35. The summed E-state index contributed by atoms with van der Waals surface area (Å²) >= 11 is 0. The summed E-state index contributed by atoms with van der Waals surface area (Å²) in [7, 11) is 0. The number of nitrogens with zero attached hydrogens (tertiary/aromatic N) is 4. The van der Waals surface area contributed by atoms with Crippen LogP contribution < -0.4 is 11.5 Å². The van der Waals surface area contributed by atoms with Gasteiger partial charge < -0.3 is 8.83 Å². The van der Waals surface area contributed by atoms with Crippen molar-refractivity contribution in [1.29, 1.82) is 0 Å². The number of hydrogen-bond donors (Lipinski definition) is 0. The van der Waals surface area contributed by atoms with Crippen LogP contribution in [0.25, 0.3) is 0 Å². The lowest BCUT2D eigenvalue weighted by molar-refractivity contribution is 0.234. The SMILES string of the molecule is O=C(n1ncoc1=O)n1ncoc1=O. The Bertz CT molecular complexity index is 521. The number of hydrogen-bond acceptors (Lipinski definition) is 7. The summed E-state index contributed by atoms with van der Waals surface area (Å²) in [5.74, 6) is -2.02.